The van der Waals surface area contributed by atoms with E-state index in [0.717, 1.165) is 60.8 Å². The summed E-state index contributed by atoms with van der Waals surface area (Å²) in [5.74, 6) is 2.24. The molecule has 0 amide bonds. The number of anilines is 2. The van der Waals surface area contributed by atoms with Gasteiger partial charge in [-0.15, -0.1) is 0 Å². The Labute approximate surface area is 163 Å². The third-order valence-corrected chi connectivity index (χ3v) is 4.77. The number of ether oxygens (including phenoxy) is 1. The molecular formula is C21H33N5O. The predicted octanol–water partition coefficient (Wildman–Crippen LogP) is 4.70. The second-order valence-corrected chi connectivity index (χ2v) is 6.50. The lowest BCUT2D eigenvalue weighted by atomic mass is 10.0. The van der Waals surface area contributed by atoms with E-state index in [0.29, 0.717) is 11.9 Å². The maximum atomic E-state index is 5.61. The minimum Gasteiger partial charge on any atom is -0.479 e. The van der Waals surface area contributed by atoms with Gasteiger partial charge in [-0.2, -0.15) is 4.98 Å². The highest BCUT2D eigenvalue weighted by atomic mass is 16.5. The van der Waals surface area contributed by atoms with Crippen molar-refractivity contribution >= 4 is 11.6 Å². The monoisotopic (exact) mass is 371 g/mol. The molecule has 0 saturated heterocycles. The Morgan fingerprint density at radius 1 is 1.04 bits per heavy atom. The average molecular weight is 372 g/mol. The van der Waals surface area contributed by atoms with E-state index in [1.807, 2.05) is 6.20 Å². The van der Waals surface area contributed by atoms with Crippen LogP contribution in [0.25, 0.3) is 11.3 Å². The summed E-state index contributed by atoms with van der Waals surface area (Å²) < 4.78 is 5.61. The van der Waals surface area contributed by atoms with E-state index in [4.69, 9.17) is 14.7 Å². The van der Waals surface area contributed by atoms with Gasteiger partial charge in [0.05, 0.1) is 12.8 Å². The molecule has 2 rings (SSSR count). The van der Waals surface area contributed by atoms with E-state index >= 15 is 0 Å². The number of aryl methyl sites for hydroxylation is 2. The highest BCUT2D eigenvalue weighted by molar-refractivity contribution is 5.70. The molecule has 0 unspecified atom stereocenters. The molecule has 0 spiro atoms. The lowest BCUT2D eigenvalue weighted by Gasteiger charge is -2.20. The van der Waals surface area contributed by atoms with Crippen molar-refractivity contribution in [3.63, 3.8) is 0 Å². The van der Waals surface area contributed by atoms with E-state index < -0.39 is 0 Å². The zero-order valence-corrected chi connectivity index (χ0v) is 17.5. The van der Waals surface area contributed by atoms with Gasteiger partial charge in [0.15, 0.2) is 5.82 Å². The summed E-state index contributed by atoms with van der Waals surface area (Å²) >= 11 is 0. The predicted molar refractivity (Wildman–Crippen MR) is 113 cm³/mol. The summed E-state index contributed by atoms with van der Waals surface area (Å²) in [6.45, 7) is 11.5. The third-order valence-electron chi connectivity index (χ3n) is 4.77. The molecule has 0 aliphatic heterocycles. The number of hydrogen-bond acceptors (Lipinski definition) is 6. The standard InChI is InChI=1S/C21H33N5O/c1-7-14-12-18(22-11-5)23-13-16(14)19-21(27-6)26-20(17(10-4)25-19)24-15(8-2)9-3/h12-13,15H,7-11H2,1-6H3,(H,22,23)(H,24,26). The molecule has 2 aromatic heterocycles. The van der Waals surface area contributed by atoms with Crippen molar-refractivity contribution in [1.29, 1.82) is 0 Å². The minimum atomic E-state index is 0.382. The Morgan fingerprint density at radius 3 is 2.33 bits per heavy atom. The first kappa shape index (κ1) is 20.9. The van der Waals surface area contributed by atoms with Crippen LogP contribution in [0, 0.1) is 0 Å². The molecule has 0 aliphatic carbocycles. The van der Waals surface area contributed by atoms with Crippen LogP contribution in [-0.2, 0) is 12.8 Å². The Bertz CT molecular complexity index is 744. The second kappa shape index (κ2) is 10.1. The van der Waals surface area contributed by atoms with Crippen LogP contribution >= 0.6 is 0 Å². The van der Waals surface area contributed by atoms with Gasteiger partial charge in [0.1, 0.15) is 11.5 Å². The molecule has 148 valence electrons. The number of nitrogens with one attached hydrogen (secondary N) is 2. The molecule has 0 atom stereocenters. The molecule has 2 N–H and O–H groups in total. The molecule has 0 aromatic carbocycles. The van der Waals surface area contributed by atoms with Crippen molar-refractivity contribution in [3.8, 4) is 17.1 Å². The van der Waals surface area contributed by atoms with Gasteiger partial charge in [0.25, 0.3) is 0 Å². The number of pyridine rings is 1. The smallest absolute Gasteiger partial charge is 0.242 e. The third kappa shape index (κ3) is 4.87. The SMILES string of the molecule is CCNc1cc(CC)c(-c2nc(CC)c(NC(CC)CC)nc2OC)cn1. The van der Waals surface area contributed by atoms with Crippen LogP contribution in [0.4, 0.5) is 11.6 Å². The highest BCUT2D eigenvalue weighted by Crippen LogP contribution is 2.33. The normalized spacial score (nSPS) is 10.9. The van der Waals surface area contributed by atoms with E-state index in [-0.39, 0.29) is 0 Å². The van der Waals surface area contributed by atoms with Crippen molar-refractivity contribution in [2.24, 2.45) is 0 Å². The molecule has 27 heavy (non-hydrogen) atoms. The zero-order valence-electron chi connectivity index (χ0n) is 17.5. The topological polar surface area (TPSA) is 72.0 Å². The van der Waals surface area contributed by atoms with Gasteiger partial charge in [-0.3, -0.25) is 0 Å². The number of rotatable bonds is 10. The molecule has 0 saturated carbocycles. The van der Waals surface area contributed by atoms with Crippen LogP contribution in [0.1, 0.15) is 58.7 Å². The first-order valence-electron chi connectivity index (χ1n) is 10.1. The van der Waals surface area contributed by atoms with Crippen LogP contribution in [0.5, 0.6) is 5.88 Å². The van der Waals surface area contributed by atoms with Gasteiger partial charge in [-0.25, -0.2) is 9.97 Å². The van der Waals surface area contributed by atoms with Crippen LogP contribution in [0.3, 0.4) is 0 Å². The Kier molecular flexibility index (Phi) is 7.82. The van der Waals surface area contributed by atoms with Crippen molar-refractivity contribution < 1.29 is 4.74 Å². The summed E-state index contributed by atoms with van der Waals surface area (Å²) in [4.78, 5) is 14.2. The molecule has 0 fully saturated rings. The minimum absolute atomic E-state index is 0.382. The molecule has 0 radical (unpaired) electrons. The maximum absolute atomic E-state index is 5.61. The van der Waals surface area contributed by atoms with Crippen LogP contribution < -0.4 is 15.4 Å². The van der Waals surface area contributed by atoms with Crippen molar-refractivity contribution in [3.05, 3.63) is 23.5 Å². The highest BCUT2D eigenvalue weighted by Gasteiger charge is 2.19. The van der Waals surface area contributed by atoms with Crippen molar-refractivity contribution in [1.82, 2.24) is 15.0 Å². The van der Waals surface area contributed by atoms with Crippen LogP contribution in [0.15, 0.2) is 12.3 Å². The lowest BCUT2D eigenvalue weighted by molar-refractivity contribution is 0.397. The summed E-state index contributed by atoms with van der Waals surface area (Å²) in [5, 5.41) is 6.79. The number of hydrogen-bond donors (Lipinski definition) is 2. The fourth-order valence-electron chi connectivity index (χ4n) is 3.10. The van der Waals surface area contributed by atoms with E-state index in [1.165, 1.54) is 5.56 Å². The molecule has 2 aromatic rings. The molecule has 6 heteroatoms. The van der Waals surface area contributed by atoms with Crippen molar-refractivity contribution in [2.45, 2.75) is 66.3 Å². The van der Waals surface area contributed by atoms with Gasteiger partial charge < -0.3 is 15.4 Å². The fraction of sp³-hybridized carbons (Fsp3) is 0.571. The van der Waals surface area contributed by atoms with E-state index in [9.17, 15) is 0 Å². The summed E-state index contributed by atoms with van der Waals surface area (Å²) in [6.07, 6.45) is 5.65. The van der Waals surface area contributed by atoms with Crippen LogP contribution in [-0.4, -0.2) is 34.6 Å². The number of methoxy groups -OCH3 is 1. The summed E-state index contributed by atoms with van der Waals surface area (Å²) in [6, 6.07) is 2.47. The number of nitrogens with zero attached hydrogens (tertiary/aromatic N) is 3. The van der Waals surface area contributed by atoms with Gasteiger partial charge in [0.2, 0.25) is 5.88 Å². The molecule has 2 heterocycles. The maximum Gasteiger partial charge on any atom is 0.242 e. The molecule has 0 bridgehead atoms. The fourth-order valence-corrected chi connectivity index (χ4v) is 3.10. The first-order chi connectivity index (χ1) is 13.1. The largest absolute Gasteiger partial charge is 0.479 e. The Morgan fingerprint density at radius 2 is 1.78 bits per heavy atom. The number of aromatic nitrogens is 3. The first-order valence-corrected chi connectivity index (χ1v) is 10.1. The second-order valence-electron chi connectivity index (χ2n) is 6.50. The quantitative estimate of drug-likeness (QED) is 0.630. The lowest BCUT2D eigenvalue weighted by Crippen LogP contribution is -2.20. The summed E-state index contributed by atoms with van der Waals surface area (Å²) in [5.41, 5.74) is 3.87. The van der Waals surface area contributed by atoms with Gasteiger partial charge in [-0.1, -0.05) is 27.7 Å². The van der Waals surface area contributed by atoms with Gasteiger partial charge >= 0.3 is 0 Å². The average Bonchev–Trinajstić information content (AvgIpc) is 2.71. The molecule has 0 aliphatic rings. The summed E-state index contributed by atoms with van der Waals surface area (Å²) in [7, 11) is 1.64. The van der Waals surface area contributed by atoms with E-state index in [2.05, 4.69) is 56.3 Å². The van der Waals surface area contributed by atoms with E-state index in [1.54, 1.807) is 7.11 Å². The molecule has 6 nitrogen and oxygen atoms in total. The van der Waals surface area contributed by atoms with Gasteiger partial charge in [0, 0.05) is 24.3 Å². The molecular weight excluding hydrogens is 338 g/mol. The van der Waals surface area contributed by atoms with Gasteiger partial charge in [-0.05, 0) is 44.2 Å². The van der Waals surface area contributed by atoms with Crippen LogP contribution in [0.2, 0.25) is 0 Å². The Balaban J connectivity index is 2.54. The van der Waals surface area contributed by atoms with Crippen molar-refractivity contribution in [2.75, 3.05) is 24.3 Å². The Hall–Kier alpha value is -2.37. The zero-order chi connectivity index (χ0) is 19.8.